The van der Waals surface area contributed by atoms with E-state index in [9.17, 15) is 0 Å². The Hall–Kier alpha value is -2.61. The number of hydrogen-bond acceptors (Lipinski definition) is 8. The number of ether oxygens (including phenoxy) is 6. The van der Waals surface area contributed by atoms with Gasteiger partial charge in [-0.25, -0.2) is 0 Å². The minimum absolute atomic E-state index is 0. The van der Waals surface area contributed by atoms with Crippen LogP contribution in [0.3, 0.4) is 0 Å². The van der Waals surface area contributed by atoms with E-state index in [1.165, 1.54) is 0 Å². The van der Waals surface area contributed by atoms with Crippen LogP contribution in [0.5, 0.6) is 17.2 Å². The minimum Gasteiger partial charge on any atom is -0.647 e. The maximum absolute atomic E-state index is 6.22. The number of alkyl halides is 2. The Labute approximate surface area is 324 Å². The Kier molecular flexibility index (Phi) is 12.6. The van der Waals surface area contributed by atoms with Crippen LogP contribution in [0.4, 0.5) is 0 Å². The number of nitrogens with zero attached hydrogens (tertiary/aromatic N) is 2. The molecule has 6 rings (SSSR count). The fraction of sp³-hybridized carbons (Fsp3) is 0.297. The smallest absolute Gasteiger partial charge is 0.185 e. The number of rotatable bonds is 10. The summed E-state index contributed by atoms with van der Waals surface area (Å²) in [7, 11) is 6.62. The van der Waals surface area contributed by atoms with Crippen molar-refractivity contribution in [3.05, 3.63) is 109 Å². The van der Waals surface area contributed by atoms with Crippen molar-refractivity contribution in [1.29, 1.82) is 0 Å². The molecule has 0 saturated carbocycles. The molecule has 49 heavy (non-hydrogen) atoms. The molecule has 1 aliphatic carbocycles. The third-order valence-corrected chi connectivity index (χ3v) is 11.2. The van der Waals surface area contributed by atoms with Gasteiger partial charge in [-0.05, 0) is 68.5 Å². The topological polar surface area (TPSA) is 80.1 Å². The molecule has 3 aromatic rings. The maximum Gasteiger partial charge on any atom is 0.185 e. The summed E-state index contributed by atoms with van der Waals surface area (Å²) in [6.07, 6.45) is 4.59. The zero-order valence-electron chi connectivity index (χ0n) is 27.7. The molecular weight excluding hydrogens is 846 g/mol. The Balaban J connectivity index is 0.00000270. The van der Waals surface area contributed by atoms with Gasteiger partial charge in [0.2, 0.25) is 0 Å². The van der Waals surface area contributed by atoms with Gasteiger partial charge in [-0.3, -0.25) is 9.98 Å². The van der Waals surface area contributed by atoms with Crippen LogP contribution in [0.25, 0.3) is 16.7 Å². The van der Waals surface area contributed by atoms with Crippen molar-refractivity contribution < 1.29 is 61.4 Å². The third-order valence-electron chi connectivity index (χ3n) is 8.42. The first-order valence-corrected chi connectivity index (χ1v) is 16.8. The van der Waals surface area contributed by atoms with Crippen LogP contribution in [0.2, 0.25) is 0 Å². The van der Waals surface area contributed by atoms with Gasteiger partial charge < -0.3 is 28.4 Å². The molecule has 12 heteroatoms. The molecule has 0 fully saturated rings. The zero-order valence-corrected chi connectivity index (χ0v) is 32.8. The summed E-state index contributed by atoms with van der Waals surface area (Å²) < 4.78 is 34.4. The maximum atomic E-state index is 6.22. The molecule has 0 amide bonds. The first kappa shape index (κ1) is 39.2. The van der Waals surface area contributed by atoms with Gasteiger partial charge in [0.1, 0.15) is 17.2 Å². The largest absolute Gasteiger partial charge is 0.647 e. The standard InChI is InChI=1S/C37H36Br2N2O6.2Ni/c1-35(21-46-33(40-35)27-17-23(15-16-31(27)44-5)25-11-7-9-13-29(25)42-3)20-36(2)22-47-34(41-36)28-18-24(19-32(38)37(28,39)45-6)26-12-8-10-14-30(26)43-4;;/h7-19,21-22,32H,20H2,1-6H3;;/q-2;;/t32?,35-,36-,37?;;/m1../s1. The van der Waals surface area contributed by atoms with Gasteiger partial charge in [0.15, 0.2) is 16.3 Å². The predicted molar refractivity (Wildman–Crippen MR) is 192 cm³/mol. The van der Waals surface area contributed by atoms with Crippen LogP contribution in [-0.2, 0) is 47.2 Å². The van der Waals surface area contributed by atoms with Gasteiger partial charge >= 0.3 is 0 Å². The van der Waals surface area contributed by atoms with Crippen molar-refractivity contribution in [2.45, 2.75) is 40.7 Å². The van der Waals surface area contributed by atoms with Gasteiger partial charge in [0.05, 0.1) is 37.3 Å². The van der Waals surface area contributed by atoms with E-state index in [0.29, 0.717) is 24.0 Å². The summed E-state index contributed by atoms with van der Waals surface area (Å²) in [5.41, 5.74) is 3.88. The number of benzene rings is 3. The molecule has 4 atom stereocenters. The van der Waals surface area contributed by atoms with Gasteiger partial charge in [-0.2, -0.15) is 0 Å². The second-order valence-corrected chi connectivity index (χ2v) is 14.1. The van der Waals surface area contributed by atoms with Crippen LogP contribution >= 0.6 is 31.9 Å². The molecule has 0 bridgehead atoms. The quantitative estimate of drug-likeness (QED) is 0.116. The number of allylic oxidation sites excluding steroid dienone is 2. The fourth-order valence-electron chi connectivity index (χ4n) is 6.19. The van der Waals surface area contributed by atoms with E-state index in [1.54, 1.807) is 41.7 Å². The summed E-state index contributed by atoms with van der Waals surface area (Å²) in [5.74, 6) is 3.12. The number of methoxy groups -OCH3 is 4. The average Bonchev–Trinajstić information content (AvgIpc) is 3.67. The van der Waals surface area contributed by atoms with Crippen molar-refractivity contribution in [3.63, 3.8) is 0 Å². The van der Waals surface area contributed by atoms with Gasteiger partial charge in [0, 0.05) is 51.2 Å². The molecule has 0 N–H and O–H groups in total. The van der Waals surface area contributed by atoms with Crippen molar-refractivity contribution >= 4 is 49.2 Å². The first-order valence-electron chi connectivity index (χ1n) is 15.0. The zero-order chi connectivity index (χ0) is 33.4. The van der Waals surface area contributed by atoms with Crippen LogP contribution < -0.4 is 14.2 Å². The van der Waals surface area contributed by atoms with Crippen LogP contribution in [0.1, 0.15) is 31.4 Å². The molecule has 0 radical (unpaired) electrons. The monoisotopic (exact) mass is 878 g/mol. The Morgan fingerprint density at radius 3 is 1.88 bits per heavy atom. The van der Waals surface area contributed by atoms with Crippen LogP contribution in [0, 0.1) is 13.2 Å². The Morgan fingerprint density at radius 1 is 0.735 bits per heavy atom. The number of hydrogen-bond donors (Lipinski definition) is 0. The Bertz CT molecular complexity index is 1820. The third kappa shape index (κ3) is 7.69. The summed E-state index contributed by atoms with van der Waals surface area (Å²) >= 11 is 7.64. The average molecular weight is 882 g/mol. The molecule has 0 saturated heterocycles. The van der Waals surface area contributed by atoms with Crippen molar-refractivity contribution in [3.8, 4) is 28.4 Å². The molecular formula is C37H36Br2N2Ni2O6-2. The second-order valence-electron chi connectivity index (χ2n) is 11.9. The molecule has 3 aliphatic rings. The van der Waals surface area contributed by atoms with Crippen molar-refractivity contribution in [2.75, 3.05) is 28.4 Å². The number of aliphatic imine (C=N–C) groups is 2. The van der Waals surface area contributed by atoms with E-state index in [4.69, 9.17) is 38.4 Å². The minimum atomic E-state index is -0.919. The van der Waals surface area contributed by atoms with Crippen molar-refractivity contribution in [2.24, 2.45) is 9.98 Å². The van der Waals surface area contributed by atoms with Gasteiger partial charge in [-0.1, -0.05) is 84.7 Å². The van der Waals surface area contributed by atoms with Gasteiger partial charge in [0.25, 0.3) is 0 Å². The Morgan fingerprint density at radius 2 is 1.27 bits per heavy atom. The van der Waals surface area contributed by atoms with E-state index in [1.807, 2.05) is 86.7 Å². The van der Waals surface area contributed by atoms with E-state index in [0.717, 1.165) is 44.9 Å². The SMILES string of the molecule is COc1ccccc1C1=CC(Br)C(Br)(OC)C(C2=N[C@](C)(C[C@]3(C)[CH-]OC(c4cc(-c5ccccc5OC)ccc4OC)=N3)[CH-]O2)=C1.[Ni].[Ni]. The summed E-state index contributed by atoms with van der Waals surface area (Å²) in [5, 5.41) is 0. The molecule has 0 spiro atoms. The van der Waals surface area contributed by atoms with Crippen LogP contribution in [-0.4, -0.2) is 60.7 Å². The van der Waals surface area contributed by atoms with Gasteiger partial charge in [-0.15, -0.1) is 13.2 Å². The molecule has 2 aliphatic heterocycles. The fourth-order valence-corrected chi connectivity index (χ4v) is 7.33. The van der Waals surface area contributed by atoms with E-state index >= 15 is 0 Å². The molecule has 266 valence electrons. The molecule has 3 aromatic carbocycles. The molecule has 2 heterocycles. The summed E-state index contributed by atoms with van der Waals surface area (Å²) in [6, 6.07) is 21.7. The van der Waals surface area contributed by atoms with E-state index in [2.05, 4.69) is 37.9 Å². The number of para-hydroxylation sites is 2. The molecule has 8 nitrogen and oxygen atoms in total. The molecule has 2 unspecified atom stereocenters. The van der Waals surface area contributed by atoms with Crippen LogP contribution in [0.15, 0.2) is 94.4 Å². The van der Waals surface area contributed by atoms with Crippen molar-refractivity contribution in [1.82, 2.24) is 0 Å². The second kappa shape index (κ2) is 15.7. The summed E-state index contributed by atoms with van der Waals surface area (Å²) in [6.45, 7) is 7.55. The van der Waals surface area contributed by atoms with E-state index < -0.39 is 15.6 Å². The normalized spacial score (nSPS) is 25.7. The van der Waals surface area contributed by atoms with E-state index in [-0.39, 0.29) is 37.8 Å². The first-order chi connectivity index (χ1) is 22.5. The predicted octanol–water partition coefficient (Wildman–Crippen LogP) is 8.34. The number of halogens is 2. The summed E-state index contributed by atoms with van der Waals surface area (Å²) in [4.78, 5) is 9.92. The molecule has 0 aromatic heterocycles.